The van der Waals surface area contributed by atoms with Gasteiger partial charge in [0, 0.05) is 11.1 Å². The monoisotopic (exact) mass is 387 g/mol. The molecule has 4 rings (SSSR count). The fourth-order valence-corrected chi connectivity index (χ4v) is 4.24. The molecule has 1 N–H and O–H groups in total. The molecule has 2 aromatic carbocycles. The summed E-state index contributed by atoms with van der Waals surface area (Å²) in [6.07, 6.45) is 1.79. The molecule has 7 heteroatoms. The van der Waals surface area contributed by atoms with Crippen LogP contribution in [0.3, 0.4) is 0 Å². The van der Waals surface area contributed by atoms with Gasteiger partial charge in [0.25, 0.3) is 11.7 Å². The smallest absolute Gasteiger partial charge is 0.232 e. The predicted molar refractivity (Wildman–Crippen MR) is 98.9 cm³/mol. The van der Waals surface area contributed by atoms with Gasteiger partial charge < -0.3 is 0 Å². The molecule has 2 heterocycles. The third kappa shape index (κ3) is 3.30. The summed E-state index contributed by atoms with van der Waals surface area (Å²) < 4.78 is 57.6. The Morgan fingerprint density at radius 1 is 0.889 bits per heavy atom. The molecule has 1 aliphatic rings. The number of rotatable bonds is 3. The van der Waals surface area contributed by atoms with Crippen LogP contribution in [0.15, 0.2) is 72.9 Å². The van der Waals surface area contributed by atoms with Crippen molar-refractivity contribution in [3.05, 3.63) is 84.1 Å². The van der Waals surface area contributed by atoms with E-state index in [0.717, 1.165) is 0 Å². The normalized spacial score (nSPS) is 15.6. The fraction of sp³-hybridized carbons (Fsp3) is 0.150. The molecule has 27 heavy (non-hydrogen) atoms. The molecule has 0 unspecified atom stereocenters. The van der Waals surface area contributed by atoms with Gasteiger partial charge in [0.2, 0.25) is 0 Å². The third-order valence-corrected chi connectivity index (χ3v) is 5.84. The number of pyridine rings is 1. The number of benzene rings is 2. The van der Waals surface area contributed by atoms with Gasteiger partial charge >= 0.3 is 10.0 Å². The maximum absolute atomic E-state index is 14.7. The highest BCUT2D eigenvalue weighted by molar-refractivity contribution is 7.92. The molecule has 4 nitrogen and oxygen atoms in total. The molecule has 0 aliphatic carbocycles. The van der Waals surface area contributed by atoms with Gasteiger partial charge in [0.15, 0.2) is 0 Å². The molecular formula is C20H17F2N2O2S+. The molecule has 1 aromatic heterocycles. The van der Waals surface area contributed by atoms with Crippen LogP contribution in [-0.2, 0) is 22.5 Å². The van der Waals surface area contributed by atoms with Crippen molar-refractivity contribution in [3.8, 4) is 11.1 Å². The first kappa shape index (κ1) is 17.6. The van der Waals surface area contributed by atoms with Crippen LogP contribution in [-0.4, -0.2) is 14.2 Å². The lowest BCUT2D eigenvalue weighted by atomic mass is 9.97. The second-order valence-electron chi connectivity index (χ2n) is 6.40. The van der Waals surface area contributed by atoms with Crippen LogP contribution in [0.4, 0.5) is 14.6 Å². The van der Waals surface area contributed by atoms with Crippen molar-refractivity contribution >= 4 is 15.8 Å². The lowest BCUT2D eigenvalue weighted by molar-refractivity contribution is -0.679. The van der Waals surface area contributed by atoms with E-state index in [2.05, 4.69) is 4.72 Å². The highest BCUT2D eigenvalue weighted by atomic mass is 32.2. The van der Waals surface area contributed by atoms with E-state index in [9.17, 15) is 17.2 Å². The average molecular weight is 387 g/mol. The number of sulfonamides is 1. The zero-order valence-electron chi connectivity index (χ0n) is 14.3. The van der Waals surface area contributed by atoms with E-state index in [1.54, 1.807) is 42.6 Å². The molecule has 0 spiro atoms. The van der Waals surface area contributed by atoms with Crippen molar-refractivity contribution in [1.29, 1.82) is 0 Å². The van der Waals surface area contributed by atoms with Crippen molar-refractivity contribution in [1.82, 2.24) is 0 Å². The minimum absolute atomic E-state index is 0.0103. The van der Waals surface area contributed by atoms with Gasteiger partial charge in [-0.3, -0.25) is 0 Å². The van der Waals surface area contributed by atoms with Crippen LogP contribution in [0.25, 0.3) is 11.1 Å². The van der Waals surface area contributed by atoms with Gasteiger partial charge in [-0.1, -0.05) is 54.6 Å². The SMILES string of the molecule is O=S1(=O)CC[n+]2cccc(-c3ccc(C(F)(F)c4ccccc4)cc3)c2N1. The number of anilines is 1. The van der Waals surface area contributed by atoms with E-state index in [-0.39, 0.29) is 16.9 Å². The van der Waals surface area contributed by atoms with Crippen molar-refractivity contribution in [2.75, 3.05) is 10.5 Å². The van der Waals surface area contributed by atoms with Crippen molar-refractivity contribution in [2.45, 2.75) is 12.5 Å². The molecule has 0 bridgehead atoms. The number of aryl methyl sites for hydroxylation is 1. The van der Waals surface area contributed by atoms with E-state index in [1.807, 2.05) is 10.6 Å². The minimum atomic E-state index is -3.38. The highest BCUT2D eigenvalue weighted by Gasteiger charge is 2.34. The van der Waals surface area contributed by atoms with Gasteiger partial charge in [-0.2, -0.15) is 21.9 Å². The first-order chi connectivity index (χ1) is 12.9. The molecule has 0 amide bonds. The van der Waals surface area contributed by atoms with E-state index >= 15 is 0 Å². The topological polar surface area (TPSA) is 50.1 Å². The van der Waals surface area contributed by atoms with Gasteiger partial charge in [0.05, 0.1) is 11.8 Å². The lowest BCUT2D eigenvalue weighted by Gasteiger charge is -2.18. The number of nitrogens with zero attached hydrogens (tertiary/aromatic N) is 1. The Hall–Kier alpha value is -2.80. The summed E-state index contributed by atoms with van der Waals surface area (Å²) in [4.78, 5) is 0. The Morgan fingerprint density at radius 3 is 2.26 bits per heavy atom. The van der Waals surface area contributed by atoms with E-state index in [4.69, 9.17) is 0 Å². The summed E-state index contributed by atoms with van der Waals surface area (Å²) in [6, 6.07) is 17.2. The number of hydrogen-bond acceptors (Lipinski definition) is 2. The van der Waals surface area contributed by atoms with Gasteiger partial charge in [0.1, 0.15) is 12.3 Å². The molecule has 0 fully saturated rings. The van der Waals surface area contributed by atoms with Gasteiger partial charge in [-0.25, -0.2) is 4.57 Å². The molecule has 1 aliphatic heterocycles. The van der Waals surface area contributed by atoms with Crippen molar-refractivity contribution < 1.29 is 21.8 Å². The van der Waals surface area contributed by atoms with Crippen molar-refractivity contribution in [2.24, 2.45) is 0 Å². The Kier molecular flexibility index (Phi) is 4.19. The molecule has 3 aromatic rings. The minimum Gasteiger partial charge on any atom is -0.232 e. The zero-order chi connectivity index (χ0) is 19.1. The summed E-state index contributed by atoms with van der Waals surface area (Å²) in [7, 11) is -3.38. The number of aromatic nitrogens is 1. The third-order valence-electron chi connectivity index (χ3n) is 4.62. The van der Waals surface area contributed by atoms with Gasteiger partial charge in [-0.05, 0) is 17.7 Å². The van der Waals surface area contributed by atoms with Crippen LogP contribution >= 0.6 is 0 Å². The molecule has 0 saturated heterocycles. The van der Waals surface area contributed by atoms with E-state index in [0.29, 0.717) is 23.5 Å². The zero-order valence-corrected chi connectivity index (χ0v) is 15.1. The van der Waals surface area contributed by atoms with E-state index in [1.165, 1.54) is 24.3 Å². The molecule has 0 saturated carbocycles. The summed E-state index contributed by atoms with van der Waals surface area (Å²) in [6.45, 7) is 0.350. The van der Waals surface area contributed by atoms with Crippen LogP contribution in [0, 0.1) is 0 Å². The maximum atomic E-state index is 14.7. The second kappa shape index (κ2) is 6.42. The Balaban J connectivity index is 1.72. The average Bonchev–Trinajstić information content (AvgIpc) is 2.68. The second-order valence-corrected chi connectivity index (χ2v) is 8.24. The van der Waals surface area contributed by atoms with Crippen LogP contribution < -0.4 is 9.29 Å². The van der Waals surface area contributed by atoms with Crippen LogP contribution in [0.5, 0.6) is 0 Å². The number of nitrogens with one attached hydrogen (secondary N) is 1. The van der Waals surface area contributed by atoms with Crippen molar-refractivity contribution in [3.63, 3.8) is 0 Å². The number of fused-ring (bicyclic) bond motifs is 1. The lowest BCUT2D eigenvalue weighted by Crippen LogP contribution is -2.47. The van der Waals surface area contributed by atoms with Crippen LogP contribution in [0.1, 0.15) is 11.1 Å². The number of hydrogen-bond donors (Lipinski definition) is 1. The summed E-state index contributed by atoms with van der Waals surface area (Å²) in [5.41, 5.74) is 1.13. The Labute approximate surface area is 156 Å². The summed E-state index contributed by atoms with van der Waals surface area (Å²) in [5.74, 6) is -2.64. The summed E-state index contributed by atoms with van der Waals surface area (Å²) >= 11 is 0. The number of alkyl halides is 2. The quantitative estimate of drug-likeness (QED) is 0.699. The maximum Gasteiger partial charge on any atom is 0.302 e. The first-order valence-corrected chi connectivity index (χ1v) is 10.1. The standard InChI is InChI=1S/C20H16F2N2O2S/c21-20(22,16-5-2-1-3-6-16)17-10-8-15(9-11-17)18-7-4-12-24-13-14-27(25,26)23-19(18)24/h1-12H,13-14H2/p+1. The van der Waals surface area contributed by atoms with Gasteiger partial charge in [-0.15, -0.1) is 0 Å². The fourth-order valence-electron chi connectivity index (χ4n) is 3.17. The van der Waals surface area contributed by atoms with Crippen LogP contribution in [0.2, 0.25) is 0 Å². The first-order valence-electron chi connectivity index (χ1n) is 8.44. The Morgan fingerprint density at radius 2 is 1.56 bits per heavy atom. The number of halogens is 2. The Bertz CT molecular complexity index is 1080. The van der Waals surface area contributed by atoms with E-state index < -0.39 is 15.9 Å². The highest BCUT2D eigenvalue weighted by Crippen LogP contribution is 2.37. The summed E-state index contributed by atoms with van der Waals surface area (Å²) in [5, 5.41) is 0. The predicted octanol–water partition coefficient (Wildman–Crippen LogP) is 3.54. The molecule has 138 valence electrons. The molecule has 0 radical (unpaired) electrons. The largest absolute Gasteiger partial charge is 0.302 e. The molecular weight excluding hydrogens is 370 g/mol. The molecule has 0 atom stereocenters.